The lowest BCUT2D eigenvalue weighted by Crippen LogP contribution is -2.39. The van der Waals surface area contributed by atoms with Crippen molar-refractivity contribution in [2.75, 3.05) is 51.4 Å². The minimum atomic E-state index is 0. The Morgan fingerprint density at radius 3 is 2.86 bits per heavy atom. The Hall–Kier alpha value is -1.06. The fourth-order valence-corrected chi connectivity index (χ4v) is 3.82. The number of anilines is 1. The van der Waals surface area contributed by atoms with Gasteiger partial charge in [0, 0.05) is 45.6 Å². The molecule has 1 aromatic carbocycles. The van der Waals surface area contributed by atoms with Crippen LogP contribution >= 0.6 is 24.0 Å². The van der Waals surface area contributed by atoms with E-state index in [1.807, 2.05) is 7.05 Å². The van der Waals surface area contributed by atoms with Gasteiger partial charge in [0.1, 0.15) is 0 Å². The first-order valence-corrected chi connectivity index (χ1v) is 10.8. The van der Waals surface area contributed by atoms with Gasteiger partial charge in [-0.2, -0.15) is 0 Å². The first-order chi connectivity index (χ1) is 13.8. The van der Waals surface area contributed by atoms with Crippen molar-refractivity contribution in [3.05, 3.63) is 29.8 Å². The van der Waals surface area contributed by atoms with Crippen LogP contribution in [0.25, 0.3) is 0 Å². The molecule has 2 aliphatic heterocycles. The number of guanidine groups is 1. The number of benzene rings is 1. The van der Waals surface area contributed by atoms with Gasteiger partial charge in [-0.05, 0) is 56.7 Å². The summed E-state index contributed by atoms with van der Waals surface area (Å²) in [5.41, 5.74) is 2.61. The van der Waals surface area contributed by atoms with Crippen LogP contribution in [0.2, 0.25) is 0 Å². The van der Waals surface area contributed by atoms with Gasteiger partial charge in [-0.1, -0.05) is 12.1 Å². The van der Waals surface area contributed by atoms with Crippen molar-refractivity contribution >= 4 is 35.6 Å². The summed E-state index contributed by atoms with van der Waals surface area (Å²) in [7, 11) is 1.82. The zero-order valence-electron chi connectivity index (χ0n) is 17.9. The van der Waals surface area contributed by atoms with Crippen molar-refractivity contribution in [2.45, 2.75) is 51.2 Å². The fraction of sp³-hybridized carbons (Fsp3) is 0.682. The minimum Gasteiger partial charge on any atom is -0.379 e. The molecule has 0 saturated carbocycles. The van der Waals surface area contributed by atoms with Gasteiger partial charge in [-0.15, -0.1) is 24.0 Å². The maximum Gasteiger partial charge on any atom is 0.191 e. The van der Waals surface area contributed by atoms with Crippen LogP contribution in [0.3, 0.4) is 0 Å². The number of ether oxygens (including phenoxy) is 2. The lowest BCUT2D eigenvalue weighted by molar-refractivity contribution is 0.0168. The third-order valence-electron chi connectivity index (χ3n) is 5.50. The maximum absolute atomic E-state index is 5.72. The van der Waals surface area contributed by atoms with Crippen molar-refractivity contribution in [1.29, 1.82) is 0 Å². The van der Waals surface area contributed by atoms with E-state index < -0.39 is 0 Å². The molecular formula is C22H37IN4O2. The molecule has 2 aliphatic rings. The molecular weight excluding hydrogens is 479 g/mol. The highest BCUT2D eigenvalue weighted by Crippen LogP contribution is 2.23. The van der Waals surface area contributed by atoms with Crippen molar-refractivity contribution in [2.24, 2.45) is 4.99 Å². The van der Waals surface area contributed by atoms with Crippen LogP contribution in [0.5, 0.6) is 0 Å². The van der Waals surface area contributed by atoms with Gasteiger partial charge < -0.3 is 25.0 Å². The monoisotopic (exact) mass is 516 g/mol. The van der Waals surface area contributed by atoms with Gasteiger partial charge in [0.05, 0.1) is 18.8 Å². The molecule has 2 unspecified atom stereocenters. The highest BCUT2D eigenvalue weighted by Gasteiger charge is 2.16. The third-order valence-corrected chi connectivity index (χ3v) is 5.50. The van der Waals surface area contributed by atoms with Crippen LogP contribution in [-0.4, -0.2) is 58.6 Å². The molecule has 0 bridgehead atoms. The molecule has 7 heteroatoms. The quantitative estimate of drug-likeness (QED) is 0.227. The number of hydrogen-bond donors (Lipinski definition) is 2. The molecule has 2 heterocycles. The molecule has 2 fully saturated rings. The lowest BCUT2D eigenvalue weighted by atomic mass is 10.1. The summed E-state index contributed by atoms with van der Waals surface area (Å²) in [6, 6.07) is 9.05. The van der Waals surface area contributed by atoms with Gasteiger partial charge in [0.2, 0.25) is 0 Å². The highest BCUT2D eigenvalue weighted by atomic mass is 127. The minimum absolute atomic E-state index is 0. The Bertz CT molecular complexity index is 617. The molecule has 0 aromatic heterocycles. The second-order valence-electron chi connectivity index (χ2n) is 7.72. The number of aliphatic imine (C=N–C) groups is 1. The van der Waals surface area contributed by atoms with Gasteiger partial charge in [0.25, 0.3) is 0 Å². The Kier molecular flexibility index (Phi) is 11.1. The Balaban J connectivity index is 0.00000300. The molecule has 2 N–H and O–H groups in total. The van der Waals surface area contributed by atoms with Crippen molar-refractivity contribution < 1.29 is 9.47 Å². The summed E-state index contributed by atoms with van der Waals surface area (Å²) in [6.07, 6.45) is 6.15. The summed E-state index contributed by atoms with van der Waals surface area (Å²) < 4.78 is 11.3. The average molecular weight is 516 g/mol. The Morgan fingerprint density at radius 1 is 1.31 bits per heavy atom. The standard InChI is InChI=1S/C22H36N4O2.HI/c1-18(19-8-5-9-20(16-19)26-12-3-4-13-26)25-22(23-2)24-11-7-14-27-17-21-10-6-15-28-21;/h5,8-9,16,18,21H,3-4,6-7,10-15,17H2,1-2H3,(H2,23,24,25);1H. The van der Waals surface area contributed by atoms with E-state index in [0.717, 1.165) is 51.6 Å². The summed E-state index contributed by atoms with van der Waals surface area (Å²) in [5, 5.41) is 6.88. The number of hydrogen-bond acceptors (Lipinski definition) is 4. The molecule has 0 radical (unpaired) electrons. The third kappa shape index (κ3) is 7.94. The van der Waals surface area contributed by atoms with E-state index in [4.69, 9.17) is 9.47 Å². The SMILES string of the molecule is CN=C(NCCCOCC1CCCO1)NC(C)c1cccc(N2CCCC2)c1.I. The van der Waals surface area contributed by atoms with Gasteiger partial charge in [-0.3, -0.25) is 4.99 Å². The smallest absolute Gasteiger partial charge is 0.191 e. The zero-order chi connectivity index (χ0) is 19.6. The first-order valence-electron chi connectivity index (χ1n) is 10.8. The van der Waals surface area contributed by atoms with Crippen LogP contribution in [0.1, 0.15) is 50.6 Å². The van der Waals surface area contributed by atoms with E-state index >= 15 is 0 Å². The molecule has 3 rings (SSSR count). The summed E-state index contributed by atoms with van der Waals surface area (Å²) >= 11 is 0. The number of rotatable bonds is 9. The molecule has 6 nitrogen and oxygen atoms in total. The molecule has 2 saturated heterocycles. The van der Waals surface area contributed by atoms with Crippen molar-refractivity contribution in [3.8, 4) is 0 Å². The van der Waals surface area contributed by atoms with Crippen LogP contribution in [-0.2, 0) is 9.47 Å². The molecule has 164 valence electrons. The summed E-state index contributed by atoms with van der Waals surface area (Å²) in [6.45, 7) is 7.71. The largest absolute Gasteiger partial charge is 0.379 e. The zero-order valence-corrected chi connectivity index (χ0v) is 20.2. The van der Waals surface area contributed by atoms with Crippen molar-refractivity contribution in [3.63, 3.8) is 0 Å². The number of nitrogens with one attached hydrogen (secondary N) is 2. The van der Waals surface area contributed by atoms with Crippen LogP contribution < -0.4 is 15.5 Å². The highest BCUT2D eigenvalue weighted by molar-refractivity contribution is 14.0. The summed E-state index contributed by atoms with van der Waals surface area (Å²) in [5.74, 6) is 0.832. The van der Waals surface area contributed by atoms with Gasteiger partial charge >= 0.3 is 0 Å². The second-order valence-corrected chi connectivity index (χ2v) is 7.72. The van der Waals surface area contributed by atoms with Gasteiger partial charge in [-0.25, -0.2) is 0 Å². The molecule has 0 aliphatic carbocycles. The van der Waals surface area contributed by atoms with Crippen LogP contribution in [0, 0.1) is 0 Å². The topological polar surface area (TPSA) is 58.1 Å². The second kappa shape index (κ2) is 13.3. The summed E-state index contributed by atoms with van der Waals surface area (Å²) in [4.78, 5) is 6.83. The predicted octanol–water partition coefficient (Wildman–Crippen LogP) is 3.72. The van der Waals surface area contributed by atoms with E-state index in [1.165, 1.54) is 37.2 Å². The van der Waals surface area contributed by atoms with E-state index in [0.29, 0.717) is 6.10 Å². The maximum atomic E-state index is 5.72. The fourth-order valence-electron chi connectivity index (χ4n) is 3.82. The molecule has 0 amide bonds. The molecule has 2 atom stereocenters. The molecule has 0 spiro atoms. The van der Waals surface area contributed by atoms with Crippen molar-refractivity contribution in [1.82, 2.24) is 10.6 Å². The Morgan fingerprint density at radius 2 is 2.14 bits per heavy atom. The number of nitrogens with zero attached hydrogens (tertiary/aromatic N) is 2. The normalized spacial score (nSPS) is 20.4. The van der Waals surface area contributed by atoms with Crippen LogP contribution in [0.4, 0.5) is 5.69 Å². The van der Waals surface area contributed by atoms with Crippen LogP contribution in [0.15, 0.2) is 29.3 Å². The van der Waals surface area contributed by atoms with E-state index in [1.54, 1.807) is 0 Å². The van der Waals surface area contributed by atoms with E-state index in [9.17, 15) is 0 Å². The van der Waals surface area contributed by atoms with E-state index in [2.05, 4.69) is 51.7 Å². The first kappa shape index (κ1) is 24.2. The lowest BCUT2D eigenvalue weighted by Gasteiger charge is -2.22. The van der Waals surface area contributed by atoms with E-state index in [-0.39, 0.29) is 30.0 Å². The Labute approximate surface area is 192 Å². The predicted molar refractivity (Wildman–Crippen MR) is 131 cm³/mol. The molecule has 29 heavy (non-hydrogen) atoms. The van der Waals surface area contributed by atoms with Gasteiger partial charge in [0.15, 0.2) is 5.96 Å². The molecule has 1 aromatic rings. The number of halogens is 1. The average Bonchev–Trinajstić information content (AvgIpc) is 3.44.